The van der Waals surface area contributed by atoms with Gasteiger partial charge in [-0.3, -0.25) is 19.2 Å². The Morgan fingerprint density at radius 2 is 1.88 bits per heavy atom. The normalized spacial score (nSPS) is 15.6. The first-order chi connectivity index (χ1) is 20.7. The Labute approximate surface area is 248 Å². The highest BCUT2D eigenvalue weighted by Crippen LogP contribution is 2.26. The number of esters is 1. The number of methoxy groups -OCH3 is 1. The van der Waals surface area contributed by atoms with E-state index in [4.69, 9.17) is 9.47 Å². The van der Waals surface area contributed by atoms with Crippen molar-refractivity contribution >= 4 is 40.4 Å². The summed E-state index contributed by atoms with van der Waals surface area (Å²) >= 11 is 0. The molecule has 0 aliphatic carbocycles. The molecule has 0 bridgehead atoms. The smallest absolute Gasteiger partial charge is 0.339 e. The molecule has 1 aromatic heterocycles. The van der Waals surface area contributed by atoms with E-state index in [1.54, 1.807) is 36.4 Å². The number of ether oxygens (including phenoxy) is 2. The summed E-state index contributed by atoms with van der Waals surface area (Å²) in [6, 6.07) is 12.8. The van der Waals surface area contributed by atoms with Crippen LogP contribution < -0.4 is 20.7 Å². The summed E-state index contributed by atoms with van der Waals surface area (Å²) in [6.07, 6.45) is 1.31. The maximum Gasteiger partial charge on any atom is 0.339 e. The molecule has 12 heteroatoms. The fourth-order valence-electron chi connectivity index (χ4n) is 4.99. The van der Waals surface area contributed by atoms with Crippen LogP contribution in [0.15, 0.2) is 48.5 Å². The fourth-order valence-corrected chi connectivity index (χ4v) is 4.99. The van der Waals surface area contributed by atoms with E-state index in [0.717, 1.165) is 0 Å². The third-order valence-corrected chi connectivity index (χ3v) is 7.29. The van der Waals surface area contributed by atoms with Crippen LogP contribution in [0, 0.1) is 17.2 Å². The summed E-state index contributed by atoms with van der Waals surface area (Å²) in [4.78, 5) is 67.7. The average Bonchev–Trinajstić information content (AvgIpc) is 3.64. The highest BCUT2D eigenvalue weighted by atomic mass is 16.5. The van der Waals surface area contributed by atoms with Crippen LogP contribution in [-0.4, -0.2) is 66.8 Å². The number of H-pyrrole nitrogens is 1. The number of Topliss-reactive ketones (excluding diaryl/α,β-unsaturated/α-hetero) is 1. The second-order valence-electron chi connectivity index (χ2n) is 10.2. The van der Waals surface area contributed by atoms with Gasteiger partial charge in [-0.1, -0.05) is 31.5 Å². The van der Waals surface area contributed by atoms with Crippen LogP contribution in [0.25, 0.3) is 10.9 Å². The Morgan fingerprint density at radius 1 is 1.09 bits per heavy atom. The van der Waals surface area contributed by atoms with Gasteiger partial charge in [0.15, 0.2) is 12.4 Å². The van der Waals surface area contributed by atoms with E-state index in [2.05, 4.69) is 20.9 Å². The molecule has 3 amide bonds. The molecule has 0 radical (unpaired) electrons. The molecule has 0 saturated carbocycles. The van der Waals surface area contributed by atoms with Gasteiger partial charge in [0, 0.05) is 23.4 Å². The number of nitriles is 1. The largest absolute Gasteiger partial charge is 0.496 e. The third kappa shape index (κ3) is 7.37. The molecular formula is C31H33N5O7. The van der Waals surface area contributed by atoms with E-state index >= 15 is 0 Å². The van der Waals surface area contributed by atoms with Gasteiger partial charge in [-0.2, -0.15) is 5.26 Å². The lowest BCUT2D eigenvalue weighted by Gasteiger charge is -2.24. The van der Waals surface area contributed by atoms with Crippen molar-refractivity contribution in [1.82, 2.24) is 20.9 Å². The van der Waals surface area contributed by atoms with Crippen molar-refractivity contribution in [3.05, 3.63) is 65.4 Å². The summed E-state index contributed by atoms with van der Waals surface area (Å²) in [5, 5.41) is 18.1. The Kier molecular flexibility index (Phi) is 10.1. The van der Waals surface area contributed by atoms with Crippen LogP contribution in [-0.2, 0) is 19.1 Å². The minimum atomic E-state index is -1.16. The minimum Gasteiger partial charge on any atom is -0.496 e. The van der Waals surface area contributed by atoms with E-state index in [9.17, 15) is 29.2 Å². The zero-order valence-electron chi connectivity index (χ0n) is 23.9. The van der Waals surface area contributed by atoms with Crippen LogP contribution in [0.5, 0.6) is 5.75 Å². The number of carbonyl (C=O) groups is 5. The Bertz CT molecular complexity index is 1570. The summed E-state index contributed by atoms with van der Waals surface area (Å²) in [5.74, 6) is -2.79. The molecule has 1 saturated heterocycles. The van der Waals surface area contributed by atoms with Crippen LogP contribution in [0.2, 0.25) is 0 Å². The van der Waals surface area contributed by atoms with E-state index in [0.29, 0.717) is 36.0 Å². The Morgan fingerprint density at radius 3 is 2.58 bits per heavy atom. The molecule has 4 rings (SSSR count). The molecule has 0 spiro atoms. The molecule has 43 heavy (non-hydrogen) atoms. The molecule has 2 aromatic carbocycles. The van der Waals surface area contributed by atoms with Gasteiger partial charge in [-0.15, -0.1) is 0 Å². The standard InChI is InChI=1S/C31H33N5O7/c1-3-7-23(35-30(40)25-15-21-22(34-25)10-6-11-27(21)42-2)29(39)36-24(14-18-12-13-33-28(18)38)26(37)17-43-31(41)20-9-5-4-8-19(20)16-32/h4-6,8-11,15,18,23-24,34H,3,7,12-14,17H2,1-2H3,(H,33,38)(H,35,40)(H,36,39)/t18-,23-,24-/m0/s1. The van der Waals surface area contributed by atoms with Gasteiger partial charge in [0.05, 0.1) is 24.3 Å². The molecule has 224 valence electrons. The number of aromatic nitrogens is 1. The molecule has 3 aromatic rings. The van der Waals surface area contributed by atoms with Crippen LogP contribution in [0.3, 0.4) is 0 Å². The van der Waals surface area contributed by atoms with Crippen LogP contribution in [0.1, 0.15) is 59.0 Å². The summed E-state index contributed by atoms with van der Waals surface area (Å²) < 4.78 is 10.5. The highest BCUT2D eigenvalue weighted by molar-refractivity contribution is 6.02. The predicted molar refractivity (Wildman–Crippen MR) is 155 cm³/mol. The quantitative estimate of drug-likeness (QED) is 0.220. The number of aromatic amines is 1. The van der Waals surface area contributed by atoms with Gasteiger partial charge >= 0.3 is 5.97 Å². The number of nitrogens with zero attached hydrogens (tertiary/aromatic N) is 1. The van der Waals surface area contributed by atoms with Gasteiger partial charge in [0.25, 0.3) is 5.91 Å². The van der Waals surface area contributed by atoms with Crippen molar-refractivity contribution in [2.75, 3.05) is 20.3 Å². The van der Waals surface area contributed by atoms with Crippen molar-refractivity contribution in [3.63, 3.8) is 0 Å². The maximum atomic E-state index is 13.4. The molecular weight excluding hydrogens is 554 g/mol. The summed E-state index contributed by atoms with van der Waals surface area (Å²) in [7, 11) is 1.53. The predicted octanol–water partition coefficient (Wildman–Crippen LogP) is 2.38. The monoisotopic (exact) mass is 587 g/mol. The number of benzene rings is 2. The van der Waals surface area contributed by atoms with E-state index in [1.807, 2.05) is 13.0 Å². The first-order valence-electron chi connectivity index (χ1n) is 14.0. The van der Waals surface area contributed by atoms with Gasteiger partial charge in [-0.05, 0) is 49.6 Å². The van der Waals surface area contributed by atoms with E-state index < -0.39 is 48.2 Å². The lowest BCUT2D eigenvalue weighted by Crippen LogP contribution is -2.53. The topological polar surface area (TPSA) is 179 Å². The molecule has 2 heterocycles. The lowest BCUT2D eigenvalue weighted by molar-refractivity contribution is -0.131. The zero-order valence-corrected chi connectivity index (χ0v) is 23.9. The molecule has 1 aliphatic rings. The van der Waals surface area contributed by atoms with Gasteiger partial charge < -0.3 is 30.4 Å². The number of nitrogens with one attached hydrogen (secondary N) is 4. The molecule has 1 fully saturated rings. The highest BCUT2D eigenvalue weighted by Gasteiger charge is 2.33. The second kappa shape index (κ2) is 14.1. The average molecular weight is 588 g/mol. The number of rotatable bonds is 13. The van der Waals surface area contributed by atoms with E-state index in [1.165, 1.54) is 19.2 Å². The van der Waals surface area contributed by atoms with Crippen molar-refractivity contribution < 1.29 is 33.4 Å². The first-order valence-corrected chi connectivity index (χ1v) is 14.0. The van der Waals surface area contributed by atoms with Crippen molar-refractivity contribution in [3.8, 4) is 11.8 Å². The minimum absolute atomic E-state index is 0.00264. The van der Waals surface area contributed by atoms with Gasteiger partial charge in [0.2, 0.25) is 11.8 Å². The Hall–Kier alpha value is -5.18. The van der Waals surface area contributed by atoms with E-state index in [-0.39, 0.29) is 35.6 Å². The summed E-state index contributed by atoms with van der Waals surface area (Å²) in [6.45, 7) is 1.62. The maximum absolute atomic E-state index is 13.4. The number of ketones is 1. The molecule has 1 aliphatic heterocycles. The zero-order chi connectivity index (χ0) is 30.9. The van der Waals surface area contributed by atoms with Crippen molar-refractivity contribution in [1.29, 1.82) is 5.26 Å². The van der Waals surface area contributed by atoms with Gasteiger partial charge in [0.1, 0.15) is 23.6 Å². The second-order valence-corrected chi connectivity index (χ2v) is 10.2. The van der Waals surface area contributed by atoms with Crippen molar-refractivity contribution in [2.24, 2.45) is 5.92 Å². The van der Waals surface area contributed by atoms with Gasteiger partial charge in [-0.25, -0.2) is 4.79 Å². The number of amides is 3. The van der Waals surface area contributed by atoms with Crippen LogP contribution in [0.4, 0.5) is 0 Å². The third-order valence-electron chi connectivity index (χ3n) is 7.29. The molecule has 4 N–H and O–H groups in total. The number of hydrogen-bond acceptors (Lipinski definition) is 8. The number of carbonyl (C=O) groups excluding carboxylic acids is 5. The van der Waals surface area contributed by atoms with Crippen LogP contribution >= 0.6 is 0 Å². The fraction of sp³-hybridized carbons (Fsp3) is 0.355. The molecule has 12 nitrogen and oxygen atoms in total. The number of fused-ring (bicyclic) bond motifs is 1. The summed E-state index contributed by atoms with van der Waals surface area (Å²) in [5.41, 5.74) is 1.02. The van der Waals surface area contributed by atoms with Crippen molar-refractivity contribution in [2.45, 2.75) is 44.7 Å². The SMILES string of the molecule is CCC[C@H](NC(=O)c1cc2c(OC)cccc2[nH]1)C(=O)N[C@@H](C[C@@H]1CCNC1=O)C(=O)COC(=O)c1ccccc1C#N. The lowest BCUT2D eigenvalue weighted by atomic mass is 9.95. The Balaban J connectivity index is 1.47. The molecule has 3 atom stereocenters. The number of hydrogen-bond donors (Lipinski definition) is 4. The molecule has 0 unspecified atom stereocenters. The first kappa shape index (κ1) is 30.8.